The van der Waals surface area contributed by atoms with E-state index in [0.717, 1.165) is 6.29 Å². The van der Waals surface area contributed by atoms with Crippen molar-refractivity contribution < 1.29 is 28.6 Å². The van der Waals surface area contributed by atoms with E-state index in [9.17, 15) is 14.4 Å². The predicted octanol–water partition coefficient (Wildman–Crippen LogP) is 1.13. The molecule has 24 heavy (non-hydrogen) atoms. The highest BCUT2D eigenvalue weighted by molar-refractivity contribution is 5.87. The van der Waals surface area contributed by atoms with Gasteiger partial charge in [0.05, 0.1) is 18.8 Å². The zero-order valence-corrected chi connectivity index (χ0v) is 14.4. The molecule has 0 bridgehead atoms. The van der Waals surface area contributed by atoms with Gasteiger partial charge >= 0.3 is 5.97 Å². The van der Waals surface area contributed by atoms with Crippen LogP contribution in [0.25, 0.3) is 0 Å². The van der Waals surface area contributed by atoms with E-state index in [2.05, 4.69) is 5.32 Å². The maximum atomic E-state index is 11.9. The van der Waals surface area contributed by atoms with Crippen molar-refractivity contribution in [1.29, 1.82) is 0 Å². The highest BCUT2D eigenvalue weighted by Gasteiger charge is 2.28. The molecule has 1 rings (SSSR count). The Morgan fingerprint density at radius 1 is 1.29 bits per heavy atom. The molecule has 0 radical (unpaired) electrons. The summed E-state index contributed by atoms with van der Waals surface area (Å²) >= 11 is 0. The highest BCUT2D eigenvalue weighted by atomic mass is 16.7. The third-order valence-electron chi connectivity index (χ3n) is 3.34. The number of rotatable bonds is 7. The van der Waals surface area contributed by atoms with Crippen LogP contribution >= 0.6 is 0 Å². The molecule has 1 amide bonds. The van der Waals surface area contributed by atoms with Crippen molar-refractivity contribution in [2.75, 3.05) is 6.61 Å². The number of allylic oxidation sites excluding steroid dienone is 1. The summed E-state index contributed by atoms with van der Waals surface area (Å²) in [5.74, 6) is -0.922. The zero-order valence-electron chi connectivity index (χ0n) is 14.4. The minimum atomic E-state index is -0.532. The molecule has 134 valence electrons. The van der Waals surface area contributed by atoms with Crippen molar-refractivity contribution in [3.63, 3.8) is 0 Å². The molecule has 0 aliphatic carbocycles. The van der Waals surface area contributed by atoms with E-state index in [-0.39, 0.29) is 24.0 Å². The van der Waals surface area contributed by atoms with Crippen LogP contribution < -0.4 is 5.32 Å². The molecule has 0 spiro atoms. The normalized spacial score (nSPS) is 26.9. The summed E-state index contributed by atoms with van der Waals surface area (Å²) in [7, 11) is 0. The van der Waals surface area contributed by atoms with Gasteiger partial charge in [-0.05, 0) is 26.0 Å². The predicted molar refractivity (Wildman–Crippen MR) is 87.0 cm³/mol. The minimum absolute atomic E-state index is 0.200. The average Bonchev–Trinajstić information content (AvgIpc) is 2.52. The van der Waals surface area contributed by atoms with Gasteiger partial charge in [0, 0.05) is 18.9 Å². The fraction of sp³-hybridized carbons (Fsp3) is 0.588. The van der Waals surface area contributed by atoms with Crippen molar-refractivity contribution >= 4 is 18.2 Å². The van der Waals surface area contributed by atoms with E-state index < -0.39 is 18.4 Å². The van der Waals surface area contributed by atoms with Crippen LogP contribution in [0, 0.1) is 5.92 Å². The molecule has 1 N–H and O–H groups in total. The minimum Gasteiger partial charge on any atom is -0.459 e. The van der Waals surface area contributed by atoms with Crippen molar-refractivity contribution in [1.82, 2.24) is 5.32 Å². The molecule has 5 atom stereocenters. The van der Waals surface area contributed by atoms with Gasteiger partial charge in [-0.15, -0.1) is 0 Å². The van der Waals surface area contributed by atoms with E-state index in [1.807, 2.05) is 6.92 Å². The molecule has 1 saturated heterocycles. The van der Waals surface area contributed by atoms with E-state index in [4.69, 9.17) is 14.2 Å². The molecule has 7 heteroatoms. The Bertz CT molecular complexity index is 501. The summed E-state index contributed by atoms with van der Waals surface area (Å²) in [4.78, 5) is 33.2. The first-order chi connectivity index (χ1) is 11.3. The van der Waals surface area contributed by atoms with Crippen molar-refractivity contribution in [3.8, 4) is 0 Å². The SMILES string of the molecule is CC(=O)O[C@@H](C)C=CC(=O)N[C@@H]1CO[C@H](C=CC(C)C=O)O[C@@H]1C. The molecule has 1 fully saturated rings. The molecular formula is C17H25NO6. The van der Waals surface area contributed by atoms with E-state index in [1.54, 1.807) is 26.0 Å². The number of carbonyl (C=O) groups excluding carboxylic acids is 3. The summed E-state index contributed by atoms with van der Waals surface area (Å²) < 4.78 is 16.0. The van der Waals surface area contributed by atoms with Crippen LogP contribution in [0.3, 0.4) is 0 Å². The van der Waals surface area contributed by atoms with Gasteiger partial charge in [0.25, 0.3) is 0 Å². The standard InChI is InChI=1S/C17H25NO6/c1-11(9-19)5-8-17-22-10-15(13(3)24-17)18-16(21)7-6-12(2)23-14(4)20/h5-9,11-13,15,17H,10H2,1-4H3,(H,18,21)/t11?,12-,13+,15+,17-/m0/s1. The van der Waals surface area contributed by atoms with Crippen molar-refractivity contribution in [2.45, 2.75) is 52.2 Å². The maximum Gasteiger partial charge on any atom is 0.303 e. The molecule has 0 saturated carbocycles. The molecular weight excluding hydrogens is 314 g/mol. The van der Waals surface area contributed by atoms with E-state index >= 15 is 0 Å². The van der Waals surface area contributed by atoms with Gasteiger partial charge in [-0.25, -0.2) is 0 Å². The fourth-order valence-corrected chi connectivity index (χ4v) is 2.01. The lowest BCUT2D eigenvalue weighted by molar-refractivity contribution is -0.195. The highest BCUT2D eigenvalue weighted by Crippen LogP contribution is 2.14. The molecule has 0 aromatic heterocycles. The Morgan fingerprint density at radius 3 is 2.58 bits per heavy atom. The number of carbonyl (C=O) groups is 3. The van der Waals surface area contributed by atoms with Gasteiger partial charge in [0.2, 0.25) is 5.91 Å². The second-order valence-corrected chi connectivity index (χ2v) is 5.71. The Kier molecular flexibility index (Phi) is 8.35. The Labute approximate surface area is 142 Å². The Morgan fingerprint density at radius 2 is 2.00 bits per heavy atom. The van der Waals surface area contributed by atoms with Gasteiger partial charge in [0.1, 0.15) is 12.4 Å². The van der Waals surface area contributed by atoms with Crippen LogP contribution in [0.4, 0.5) is 0 Å². The summed E-state index contributed by atoms with van der Waals surface area (Å²) in [5.41, 5.74) is 0. The molecule has 1 aliphatic rings. The number of hydrogen-bond acceptors (Lipinski definition) is 6. The lowest BCUT2D eigenvalue weighted by atomic mass is 10.1. The summed E-state index contributed by atoms with van der Waals surface area (Å²) in [5, 5.41) is 2.78. The van der Waals surface area contributed by atoms with E-state index in [0.29, 0.717) is 6.61 Å². The van der Waals surface area contributed by atoms with E-state index in [1.165, 1.54) is 19.1 Å². The third kappa shape index (κ3) is 7.52. The van der Waals surface area contributed by atoms with Crippen LogP contribution in [0.5, 0.6) is 0 Å². The summed E-state index contributed by atoms with van der Waals surface area (Å²) in [6.07, 6.45) is 5.79. The molecule has 1 unspecified atom stereocenters. The molecule has 7 nitrogen and oxygen atoms in total. The van der Waals surface area contributed by atoms with Gasteiger partial charge in [-0.3, -0.25) is 9.59 Å². The number of ether oxygens (including phenoxy) is 3. The fourth-order valence-electron chi connectivity index (χ4n) is 2.01. The van der Waals surface area contributed by atoms with Gasteiger partial charge in [-0.2, -0.15) is 0 Å². The lowest BCUT2D eigenvalue weighted by Gasteiger charge is -2.33. The van der Waals surface area contributed by atoms with Crippen LogP contribution in [0.1, 0.15) is 27.7 Å². The Hall–Kier alpha value is -1.99. The van der Waals surface area contributed by atoms with Crippen molar-refractivity contribution in [3.05, 3.63) is 24.3 Å². The number of esters is 1. The number of nitrogens with one attached hydrogen (secondary N) is 1. The van der Waals surface area contributed by atoms with Crippen LogP contribution in [-0.2, 0) is 28.6 Å². The topological polar surface area (TPSA) is 90.9 Å². The van der Waals surface area contributed by atoms with Crippen molar-refractivity contribution in [2.24, 2.45) is 5.92 Å². The molecule has 1 heterocycles. The number of hydrogen-bond donors (Lipinski definition) is 1. The first kappa shape index (κ1) is 20.1. The first-order valence-corrected chi connectivity index (χ1v) is 7.88. The number of aldehydes is 1. The third-order valence-corrected chi connectivity index (χ3v) is 3.34. The molecule has 1 aliphatic heterocycles. The maximum absolute atomic E-state index is 11.9. The largest absolute Gasteiger partial charge is 0.459 e. The van der Waals surface area contributed by atoms with Gasteiger partial charge < -0.3 is 24.3 Å². The number of amides is 1. The summed E-state index contributed by atoms with van der Waals surface area (Å²) in [6, 6.07) is -0.292. The zero-order chi connectivity index (χ0) is 18.1. The second-order valence-electron chi connectivity index (χ2n) is 5.71. The van der Waals surface area contributed by atoms with Crippen LogP contribution in [0.2, 0.25) is 0 Å². The van der Waals surface area contributed by atoms with Crippen LogP contribution in [-0.4, -0.2) is 49.3 Å². The average molecular weight is 339 g/mol. The lowest BCUT2D eigenvalue weighted by Crippen LogP contribution is -2.51. The van der Waals surface area contributed by atoms with Crippen LogP contribution in [0.15, 0.2) is 24.3 Å². The quantitative estimate of drug-likeness (QED) is 0.324. The van der Waals surface area contributed by atoms with Gasteiger partial charge in [0.15, 0.2) is 6.29 Å². The Balaban J connectivity index is 2.43. The first-order valence-electron chi connectivity index (χ1n) is 7.88. The molecule has 0 aromatic carbocycles. The monoisotopic (exact) mass is 339 g/mol. The molecule has 0 aromatic rings. The smallest absolute Gasteiger partial charge is 0.303 e. The summed E-state index contributed by atoms with van der Waals surface area (Å²) in [6.45, 7) is 6.87. The second kappa shape index (κ2) is 10.00. The van der Waals surface area contributed by atoms with Gasteiger partial charge in [-0.1, -0.05) is 13.0 Å².